The van der Waals surface area contributed by atoms with Crippen molar-refractivity contribution in [1.29, 1.82) is 0 Å². The first-order valence-electron chi connectivity index (χ1n) is 7.69. The monoisotopic (exact) mass is 361 g/mol. The molecule has 1 unspecified atom stereocenters. The van der Waals surface area contributed by atoms with Gasteiger partial charge < -0.3 is 0 Å². The van der Waals surface area contributed by atoms with Crippen molar-refractivity contribution in [2.45, 2.75) is 37.1 Å². The molecule has 25 heavy (non-hydrogen) atoms. The second-order valence-electron chi connectivity index (χ2n) is 5.67. The van der Waals surface area contributed by atoms with E-state index in [0.29, 0.717) is 34.1 Å². The first kappa shape index (κ1) is 16.1. The summed E-state index contributed by atoms with van der Waals surface area (Å²) in [7, 11) is 0. The molecule has 0 spiro atoms. The number of hydrogen-bond acceptors (Lipinski definition) is 5. The molecule has 0 N–H and O–H groups in total. The van der Waals surface area contributed by atoms with Crippen molar-refractivity contribution in [1.82, 2.24) is 14.8 Å². The van der Waals surface area contributed by atoms with E-state index in [0.717, 1.165) is 11.8 Å². The summed E-state index contributed by atoms with van der Waals surface area (Å²) in [5.74, 6) is -0.124. The van der Waals surface area contributed by atoms with E-state index in [9.17, 15) is 13.6 Å². The van der Waals surface area contributed by atoms with E-state index in [1.807, 2.05) is 6.92 Å². The first-order chi connectivity index (χ1) is 12.0. The third-order valence-electron chi connectivity index (χ3n) is 4.02. The summed E-state index contributed by atoms with van der Waals surface area (Å²) in [6.45, 7) is 4.37. The van der Waals surface area contributed by atoms with Crippen molar-refractivity contribution in [2.75, 3.05) is 0 Å². The standard InChI is InChI=1S/C16H13F2N5OS/c1-3-23-5-4-8(22-23)14-20-11-10-7(2)6-9(13(17)18)19-16(10)25-12(11)15(24)21-14/h4-6,12-13H,3H2,1-2H3. The molecule has 2 aliphatic rings. The Morgan fingerprint density at radius 3 is 2.84 bits per heavy atom. The van der Waals surface area contributed by atoms with Crippen LogP contribution in [-0.4, -0.2) is 37.5 Å². The lowest BCUT2D eigenvalue weighted by molar-refractivity contribution is -0.116. The lowest BCUT2D eigenvalue weighted by Crippen LogP contribution is -2.29. The molecule has 2 aromatic rings. The molecule has 0 saturated carbocycles. The maximum atomic E-state index is 13.0. The second kappa shape index (κ2) is 5.83. The van der Waals surface area contributed by atoms with Gasteiger partial charge in [-0.15, -0.1) is 0 Å². The van der Waals surface area contributed by atoms with Crippen molar-refractivity contribution in [3.63, 3.8) is 0 Å². The highest BCUT2D eigenvalue weighted by atomic mass is 32.2. The van der Waals surface area contributed by atoms with Crippen molar-refractivity contribution in [3.05, 3.63) is 40.8 Å². The minimum atomic E-state index is -2.66. The van der Waals surface area contributed by atoms with Crippen LogP contribution in [0.1, 0.15) is 35.9 Å². The van der Waals surface area contributed by atoms with Gasteiger partial charge in [-0.2, -0.15) is 10.1 Å². The van der Waals surface area contributed by atoms with Crippen LogP contribution >= 0.6 is 11.8 Å². The van der Waals surface area contributed by atoms with E-state index < -0.39 is 11.7 Å². The maximum Gasteiger partial charge on any atom is 0.280 e. The molecule has 0 aliphatic carbocycles. The van der Waals surface area contributed by atoms with Crippen molar-refractivity contribution in [3.8, 4) is 0 Å². The van der Waals surface area contributed by atoms with Crippen LogP contribution in [0.25, 0.3) is 0 Å². The topological polar surface area (TPSA) is 72.5 Å². The average molecular weight is 361 g/mol. The van der Waals surface area contributed by atoms with Gasteiger partial charge >= 0.3 is 0 Å². The number of pyridine rings is 1. The number of amidine groups is 1. The number of amides is 1. The minimum absolute atomic E-state index is 0.245. The molecule has 128 valence electrons. The quantitative estimate of drug-likeness (QED) is 0.843. The Morgan fingerprint density at radius 2 is 2.16 bits per heavy atom. The Morgan fingerprint density at radius 1 is 1.36 bits per heavy atom. The summed E-state index contributed by atoms with van der Waals surface area (Å²) in [5, 5.41) is 4.09. The Hall–Kier alpha value is -2.42. The molecular formula is C16H13F2N5OS. The van der Waals surface area contributed by atoms with E-state index >= 15 is 0 Å². The Bertz CT molecular complexity index is 950. The number of halogens is 2. The van der Waals surface area contributed by atoms with Gasteiger partial charge in [0.1, 0.15) is 21.7 Å². The van der Waals surface area contributed by atoms with Crippen LogP contribution in [0.5, 0.6) is 0 Å². The fourth-order valence-electron chi connectivity index (χ4n) is 2.83. The lowest BCUT2D eigenvalue weighted by Gasteiger charge is -2.13. The fraction of sp³-hybridized carbons (Fsp3) is 0.312. The van der Waals surface area contributed by atoms with E-state index in [-0.39, 0.29) is 17.4 Å². The Balaban J connectivity index is 1.81. The molecule has 6 nitrogen and oxygen atoms in total. The van der Waals surface area contributed by atoms with Gasteiger partial charge in [0.2, 0.25) is 0 Å². The van der Waals surface area contributed by atoms with Crippen molar-refractivity contribution >= 4 is 29.2 Å². The number of nitrogens with zero attached hydrogens (tertiary/aromatic N) is 5. The zero-order valence-corrected chi connectivity index (χ0v) is 14.2. The molecule has 0 aromatic carbocycles. The van der Waals surface area contributed by atoms with Crippen LogP contribution in [0.3, 0.4) is 0 Å². The number of hydrogen-bond donors (Lipinski definition) is 0. The summed E-state index contributed by atoms with van der Waals surface area (Å²) < 4.78 is 27.7. The van der Waals surface area contributed by atoms with E-state index in [1.165, 1.54) is 6.07 Å². The molecule has 0 saturated heterocycles. The van der Waals surface area contributed by atoms with Gasteiger partial charge in [-0.25, -0.2) is 18.8 Å². The molecule has 2 aliphatic heterocycles. The normalized spacial score (nSPS) is 18.9. The Kier molecular flexibility index (Phi) is 3.75. The molecule has 0 radical (unpaired) electrons. The zero-order valence-electron chi connectivity index (χ0n) is 13.4. The summed E-state index contributed by atoms with van der Waals surface area (Å²) in [6.07, 6.45) is -0.872. The van der Waals surface area contributed by atoms with Gasteiger partial charge in [-0.1, -0.05) is 11.8 Å². The SMILES string of the molecule is CCn1ccc(C2=NC(=O)C3Sc4nc(C(F)F)cc(C)c4C3=N2)n1. The van der Waals surface area contributed by atoms with Gasteiger partial charge in [-0.3, -0.25) is 9.48 Å². The summed E-state index contributed by atoms with van der Waals surface area (Å²) in [4.78, 5) is 25.0. The molecule has 4 rings (SSSR count). The number of alkyl halides is 2. The molecule has 1 amide bonds. The summed E-state index contributed by atoms with van der Waals surface area (Å²) >= 11 is 1.12. The maximum absolute atomic E-state index is 13.0. The van der Waals surface area contributed by atoms with Gasteiger partial charge in [0.15, 0.2) is 5.84 Å². The first-order valence-corrected chi connectivity index (χ1v) is 8.57. The number of aryl methyl sites for hydroxylation is 2. The van der Waals surface area contributed by atoms with Crippen LogP contribution in [0.4, 0.5) is 8.78 Å². The third-order valence-corrected chi connectivity index (χ3v) is 5.20. The fourth-order valence-corrected chi connectivity index (χ4v) is 4.03. The van der Waals surface area contributed by atoms with Gasteiger partial charge in [0.05, 0.1) is 5.71 Å². The highest BCUT2D eigenvalue weighted by Gasteiger charge is 2.40. The van der Waals surface area contributed by atoms with Gasteiger partial charge in [-0.05, 0) is 31.5 Å². The van der Waals surface area contributed by atoms with Crippen LogP contribution in [0, 0.1) is 6.92 Å². The number of rotatable bonds is 3. The Labute approximate surface area is 146 Å². The highest BCUT2D eigenvalue weighted by molar-refractivity contribution is 8.02. The third kappa shape index (κ3) is 2.58. The number of carbonyl (C=O) groups is 1. The van der Waals surface area contributed by atoms with E-state index in [2.05, 4.69) is 20.1 Å². The number of thioether (sulfide) groups is 1. The summed E-state index contributed by atoms with van der Waals surface area (Å²) in [6, 6.07) is 3.09. The molecular weight excluding hydrogens is 348 g/mol. The zero-order chi connectivity index (χ0) is 17.7. The molecule has 0 bridgehead atoms. The van der Waals surface area contributed by atoms with Crippen LogP contribution in [-0.2, 0) is 11.3 Å². The van der Waals surface area contributed by atoms with E-state index in [1.54, 1.807) is 23.9 Å². The predicted molar refractivity (Wildman–Crippen MR) is 89.6 cm³/mol. The van der Waals surface area contributed by atoms with Crippen molar-refractivity contribution in [2.24, 2.45) is 9.98 Å². The molecule has 2 aromatic heterocycles. The van der Waals surface area contributed by atoms with Crippen LogP contribution < -0.4 is 0 Å². The minimum Gasteiger partial charge on any atom is -0.272 e. The second-order valence-corrected chi connectivity index (χ2v) is 6.76. The number of carbonyl (C=O) groups excluding carboxylic acids is 1. The van der Waals surface area contributed by atoms with Crippen LogP contribution in [0.15, 0.2) is 33.3 Å². The van der Waals surface area contributed by atoms with Crippen molar-refractivity contribution < 1.29 is 13.6 Å². The molecule has 0 fully saturated rings. The number of fused-ring (bicyclic) bond motifs is 3. The van der Waals surface area contributed by atoms with Crippen LogP contribution in [0.2, 0.25) is 0 Å². The molecule has 9 heteroatoms. The largest absolute Gasteiger partial charge is 0.280 e. The summed E-state index contributed by atoms with van der Waals surface area (Å²) in [5.41, 5.74) is 2.01. The van der Waals surface area contributed by atoms with E-state index in [4.69, 9.17) is 0 Å². The average Bonchev–Trinajstić information content (AvgIpc) is 3.19. The molecule has 4 heterocycles. The lowest BCUT2D eigenvalue weighted by atomic mass is 10.0. The number of aliphatic imine (C=N–C) groups is 2. The van der Waals surface area contributed by atoms with Gasteiger partial charge in [0.25, 0.3) is 12.3 Å². The van der Waals surface area contributed by atoms with Gasteiger partial charge in [0, 0.05) is 18.3 Å². The number of aromatic nitrogens is 3. The highest BCUT2D eigenvalue weighted by Crippen LogP contribution is 2.41. The smallest absolute Gasteiger partial charge is 0.272 e. The molecule has 1 atom stereocenters. The predicted octanol–water partition coefficient (Wildman–Crippen LogP) is 2.79.